The molecule has 1 heterocycles. The highest BCUT2D eigenvalue weighted by atomic mass is 16.6. The summed E-state index contributed by atoms with van der Waals surface area (Å²) < 4.78 is 16.0. The molecule has 0 fully saturated rings. The molecule has 0 unspecified atom stereocenters. The van der Waals surface area contributed by atoms with Gasteiger partial charge in [-0.1, -0.05) is 0 Å². The molecule has 0 amide bonds. The molecule has 0 saturated carbocycles. The molecule has 2 rings (SSSR count). The van der Waals surface area contributed by atoms with Crippen molar-refractivity contribution in [2.24, 2.45) is 0 Å². The zero-order valence-corrected chi connectivity index (χ0v) is 14.2. The van der Waals surface area contributed by atoms with Crippen molar-refractivity contribution in [3.63, 3.8) is 0 Å². The summed E-state index contributed by atoms with van der Waals surface area (Å²) in [6.07, 6.45) is 0.546. The molecule has 6 nitrogen and oxygen atoms in total. The Morgan fingerprint density at radius 3 is 2.52 bits per heavy atom. The number of aryl methyl sites for hydroxylation is 2. The molecule has 0 spiro atoms. The molecule has 0 radical (unpaired) electrons. The molecule has 130 valence electrons. The number of esters is 1. The number of benzene rings is 1. The third-order valence-corrected chi connectivity index (χ3v) is 3.52. The summed E-state index contributed by atoms with van der Waals surface area (Å²) in [5.74, 6) is 1.34. The SMILES string of the molecule is CC(=O)c1cc(CCC(=O)OCCOc2ccc(C#N)cc2)oc1C. The lowest BCUT2D eigenvalue weighted by atomic mass is 10.1. The fourth-order valence-electron chi connectivity index (χ4n) is 2.25. The predicted octanol–water partition coefficient (Wildman–Crippen LogP) is 3.22. The van der Waals surface area contributed by atoms with E-state index in [0.29, 0.717) is 34.8 Å². The Morgan fingerprint density at radius 2 is 1.92 bits per heavy atom. The molecule has 0 saturated heterocycles. The highest BCUT2D eigenvalue weighted by molar-refractivity contribution is 5.95. The zero-order chi connectivity index (χ0) is 18.2. The fraction of sp³-hybridized carbons (Fsp3) is 0.316. The average molecular weight is 341 g/mol. The van der Waals surface area contributed by atoms with Gasteiger partial charge in [0.15, 0.2) is 5.78 Å². The molecule has 6 heteroatoms. The largest absolute Gasteiger partial charge is 0.490 e. The van der Waals surface area contributed by atoms with Crippen LogP contribution in [0.4, 0.5) is 0 Å². The second-order valence-corrected chi connectivity index (χ2v) is 5.44. The zero-order valence-electron chi connectivity index (χ0n) is 14.2. The lowest BCUT2D eigenvalue weighted by molar-refractivity contribution is -0.144. The molecule has 0 aliphatic carbocycles. The van der Waals surface area contributed by atoms with Crippen molar-refractivity contribution in [1.29, 1.82) is 5.26 Å². The monoisotopic (exact) mass is 341 g/mol. The maximum Gasteiger partial charge on any atom is 0.306 e. The first-order valence-corrected chi connectivity index (χ1v) is 7.88. The van der Waals surface area contributed by atoms with Crippen LogP contribution in [0.15, 0.2) is 34.7 Å². The van der Waals surface area contributed by atoms with Crippen LogP contribution in [-0.2, 0) is 16.0 Å². The molecule has 25 heavy (non-hydrogen) atoms. The molecule has 1 aromatic heterocycles. The first-order chi connectivity index (χ1) is 12.0. The van der Waals surface area contributed by atoms with Crippen LogP contribution in [0.5, 0.6) is 5.75 Å². The summed E-state index contributed by atoms with van der Waals surface area (Å²) >= 11 is 0. The standard InChI is InChI=1S/C19H19NO5/c1-13(21)18-11-17(25-14(18)2)7-8-19(22)24-10-9-23-16-5-3-15(12-20)4-6-16/h3-6,11H,7-10H2,1-2H3. The number of nitrogens with zero attached hydrogens (tertiary/aromatic N) is 1. The Bertz CT molecular complexity index is 783. The van der Waals surface area contributed by atoms with Gasteiger partial charge in [-0.15, -0.1) is 0 Å². The number of Topliss-reactive ketones (excluding diaryl/α,β-unsaturated/α-hetero) is 1. The Balaban J connectivity index is 1.67. The molecular weight excluding hydrogens is 322 g/mol. The van der Waals surface area contributed by atoms with Gasteiger partial charge in [0.05, 0.1) is 23.6 Å². The van der Waals surface area contributed by atoms with Crippen LogP contribution < -0.4 is 4.74 Å². The van der Waals surface area contributed by atoms with Gasteiger partial charge >= 0.3 is 5.97 Å². The highest BCUT2D eigenvalue weighted by Gasteiger charge is 2.12. The molecular formula is C19H19NO5. The van der Waals surface area contributed by atoms with E-state index >= 15 is 0 Å². The normalized spacial score (nSPS) is 10.1. The first kappa shape index (κ1) is 18.3. The summed E-state index contributed by atoms with van der Waals surface area (Å²) in [7, 11) is 0. The second kappa shape index (κ2) is 8.69. The summed E-state index contributed by atoms with van der Waals surface area (Å²) in [6.45, 7) is 3.56. The van der Waals surface area contributed by atoms with E-state index in [1.165, 1.54) is 6.92 Å². The molecule has 2 aromatic rings. The van der Waals surface area contributed by atoms with Crippen LogP contribution in [-0.4, -0.2) is 25.0 Å². The van der Waals surface area contributed by atoms with E-state index in [1.54, 1.807) is 37.3 Å². The van der Waals surface area contributed by atoms with E-state index in [2.05, 4.69) is 0 Å². The Hall–Kier alpha value is -3.07. The molecule has 0 N–H and O–H groups in total. The van der Waals surface area contributed by atoms with Crippen LogP contribution in [0.25, 0.3) is 0 Å². The Kier molecular flexibility index (Phi) is 6.35. The molecule has 0 atom stereocenters. The summed E-state index contributed by atoms with van der Waals surface area (Å²) in [5.41, 5.74) is 1.10. The number of ether oxygens (including phenoxy) is 2. The number of rotatable bonds is 8. The van der Waals surface area contributed by atoms with Crippen LogP contribution in [0.1, 0.15) is 40.8 Å². The van der Waals surface area contributed by atoms with E-state index in [-0.39, 0.29) is 31.4 Å². The van der Waals surface area contributed by atoms with Crippen LogP contribution in [0.2, 0.25) is 0 Å². The van der Waals surface area contributed by atoms with Gasteiger partial charge in [-0.05, 0) is 44.2 Å². The van der Waals surface area contributed by atoms with Crippen molar-refractivity contribution in [3.05, 3.63) is 53.0 Å². The third kappa shape index (κ3) is 5.50. The van der Waals surface area contributed by atoms with Crippen LogP contribution in [0.3, 0.4) is 0 Å². The minimum absolute atomic E-state index is 0.0602. The number of carbonyl (C=O) groups is 2. The summed E-state index contributed by atoms with van der Waals surface area (Å²) in [4.78, 5) is 23.1. The predicted molar refractivity (Wildman–Crippen MR) is 89.4 cm³/mol. The van der Waals surface area contributed by atoms with Gasteiger partial charge in [-0.3, -0.25) is 9.59 Å². The third-order valence-electron chi connectivity index (χ3n) is 3.52. The van der Waals surface area contributed by atoms with Gasteiger partial charge in [0.1, 0.15) is 30.5 Å². The smallest absolute Gasteiger partial charge is 0.306 e. The van der Waals surface area contributed by atoms with Crippen molar-refractivity contribution in [2.75, 3.05) is 13.2 Å². The number of nitriles is 1. The van der Waals surface area contributed by atoms with Crippen molar-refractivity contribution in [2.45, 2.75) is 26.7 Å². The van der Waals surface area contributed by atoms with Gasteiger partial charge < -0.3 is 13.9 Å². The number of ketones is 1. The van der Waals surface area contributed by atoms with Crippen molar-refractivity contribution in [3.8, 4) is 11.8 Å². The minimum Gasteiger partial charge on any atom is -0.490 e. The topological polar surface area (TPSA) is 89.5 Å². The molecule has 0 bridgehead atoms. The lowest BCUT2D eigenvalue weighted by Crippen LogP contribution is -2.12. The minimum atomic E-state index is -0.359. The molecule has 0 aliphatic rings. The maximum atomic E-state index is 11.7. The molecule has 0 aliphatic heterocycles. The number of furan rings is 1. The van der Waals surface area contributed by atoms with Crippen LogP contribution >= 0.6 is 0 Å². The van der Waals surface area contributed by atoms with Gasteiger partial charge in [0.2, 0.25) is 0 Å². The van der Waals surface area contributed by atoms with Crippen molar-refractivity contribution >= 4 is 11.8 Å². The number of hydrogen-bond donors (Lipinski definition) is 0. The number of carbonyl (C=O) groups excluding carboxylic acids is 2. The maximum absolute atomic E-state index is 11.7. The summed E-state index contributed by atoms with van der Waals surface area (Å²) in [5, 5.41) is 8.71. The fourth-order valence-corrected chi connectivity index (χ4v) is 2.25. The quantitative estimate of drug-likeness (QED) is 0.416. The average Bonchev–Trinajstić information content (AvgIpc) is 2.98. The Labute approximate surface area is 146 Å². The molecule has 1 aromatic carbocycles. The van der Waals surface area contributed by atoms with Crippen LogP contribution in [0, 0.1) is 18.3 Å². The van der Waals surface area contributed by atoms with E-state index in [0.717, 1.165) is 0 Å². The van der Waals surface area contributed by atoms with Gasteiger partial charge in [-0.2, -0.15) is 5.26 Å². The lowest BCUT2D eigenvalue weighted by Gasteiger charge is -2.07. The van der Waals surface area contributed by atoms with E-state index in [9.17, 15) is 9.59 Å². The first-order valence-electron chi connectivity index (χ1n) is 7.88. The van der Waals surface area contributed by atoms with Gasteiger partial charge in [0.25, 0.3) is 0 Å². The van der Waals surface area contributed by atoms with Gasteiger partial charge in [0, 0.05) is 6.42 Å². The summed E-state index contributed by atoms with van der Waals surface area (Å²) in [6, 6.07) is 10.4. The van der Waals surface area contributed by atoms with E-state index < -0.39 is 0 Å². The highest BCUT2D eigenvalue weighted by Crippen LogP contribution is 2.17. The van der Waals surface area contributed by atoms with Crippen molar-refractivity contribution in [1.82, 2.24) is 0 Å². The van der Waals surface area contributed by atoms with Gasteiger partial charge in [-0.25, -0.2) is 0 Å². The van der Waals surface area contributed by atoms with Crippen molar-refractivity contribution < 1.29 is 23.5 Å². The number of hydrogen-bond acceptors (Lipinski definition) is 6. The Morgan fingerprint density at radius 1 is 1.20 bits per heavy atom. The van der Waals surface area contributed by atoms with E-state index in [4.69, 9.17) is 19.2 Å². The van der Waals surface area contributed by atoms with E-state index in [1.807, 2.05) is 6.07 Å². The second-order valence-electron chi connectivity index (χ2n) is 5.44.